The summed E-state index contributed by atoms with van der Waals surface area (Å²) in [7, 11) is 0. The van der Waals surface area contributed by atoms with Gasteiger partial charge in [0.1, 0.15) is 11.6 Å². The fourth-order valence-electron chi connectivity index (χ4n) is 2.54. The Morgan fingerprint density at radius 1 is 0.895 bits per heavy atom. The summed E-state index contributed by atoms with van der Waals surface area (Å²) >= 11 is 0. The Morgan fingerprint density at radius 3 is 2.47 bits per heavy atom. The van der Waals surface area contributed by atoms with Gasteiger partial charge in [0.15, 0.2) is 5.78 Å². The molecular weight excluding hydrogens is 246 g/mol. The highest BCUT2D eigenvalue weighted by atomic mass is 19.1. The lowest BCUT2D eigenvalue weighted by Crippen LogP contribution is -2.10. The smallest absolute Gasteiger partial charge is 0.163 e. The van der Waals surface area contributed by atoms with Crippen LogP contribution in [0.2, 0.25) is 0 Å². The largest absolute Gasteiger partial charge is 0.294 e. The molecule has 0 unspecified atom stereocenters. The summed E-state index contributed by atoms with van der Waals surface area (Å²) < 4.78 is 26.6. The second-order valence-electron chi connectivity index (χ2n) is 4.77. The molecule has 19 heavy (non-hydrogen) atoms. The zero-order valence-corrected chi connectivity index (χ0v) is 10.2. The zero-order chi connectivity index (χ0) is 13.4. The number of carbonyl (C=O) groups excluding carboxylic acids is 1. The van der Waals surface area contributed by atoms with Crippen LogP contribution in [0.1, 0.15) is 28.8 Å². The van der Waals surface area contributed by atoms with E-state index in [9.17, 15) is 13.6 Å². The van der Waals surface area contributed by atoms with Gasteiger partial charge in [-0.05, 0) is 36.1 Å². The molecule has 1 nitrogen and oxygen atoms in total. The van der Waals surface area contributed by atoms with Crippen LogP contribution in [0.5, 0.6) is 0 Å². The summed E-state index contributed by atoms with van der Waals surface area (Å²) in [5.74, 6) is -1.02. The van der Waals surface area contributed by atoms with E-state index in [0.29, 0.717) is 17.5 Å². The van der Waals surface area contributed by atoms with Gasteiger partial charge in [-0.1, -0.05) is 18.2 Å². The van der Waals surface area contributed by atoms with Crippen molar-refractivity contribution in [1.29, 1.82) is 0 Å². The van der Waals surface area contributed by atoms with E-state index in [1.807, 2.05) is 6.07 Å². The summed E-state index contributed by atoms with van der Waals surface area (Å²) in [4.78, 5) is 11.7. The molecule has 0 spiro atoms. The molecule has 2 aromatic rings. The third-order valence-electron chi connectivity index (χ3n) is 3.50. The summed E-state index contributed by atoms with van der Waals surface area (Å²) in [5.41, 5.74) is 2.74. The molecule has 0 aromatic heterocycles. The van der Waals surface area contributed by atoms with Crippen molar-refractivity contribution in [3.8, 4) is 11.1 Å². The number of carbonyl (C=O) groups is 1. The SMILES string of the molecule is O=C1CCCc2cc(-c3ccc(F)cc3F)ccc21. The van der Waals surface area contributed by atoms with Crippen LogP contribution in [0.25, 0.3) is 11.1 Å². The molecule has 0 bridgehead atoms. The minimum absolute atomic E-state index is 0.146. The molecule has 0 saturated heterocycles. The summed E-state index contributed by atoms with van der Waals surface area (Å²) in [6.07, 6.45) is 2.25. The fraction of sp³-hybridized carbons (Fsp3) is 0.188. The standard InChI is InChI=1S/C16H12F2O/c17-12-5-7-13(15(18)9-12)11-4-6-14-10(8-11)2-1-3-16(14)19/h4-9H,1-3H2. The van der Waals surface area contributed by atoms with E-state index < -0.39 is 11.6 Å². The average Bonchev–Trinajstić information content (AvgIpc) is 2.38. The van der Waals surface area contributed by atoms with Crippen molar-refractivity contribution in [2.24, 2.45) is 0 Å². The van der Waals surface area contributed by atoms with Crippen molar-refractivity contribution in [3.63, 3.8) is 0 Å². The first kappa shape index (κ1) is 12.0. The molecule has 0 heterocycles. The minimum atomic E-state index is -0.589. The lowest BCUT2D eigenvalue weighted by molar-refractivity contribution is 0.0972. The molecule has 0 aliphatic heterocycles. The van der Waals surface area contributed by atoms with Gasteiger partial charge in [-0.15, -0.1) is 0 Å². The number of halogens is 2. The first-order valence-corrected chi connectivity index (χ1v) is 6.27. The predicted octanol–water partition coefficient (Wildman–Crippen LogP) is 4.15. The molecule has 3 heteroatoms. The van der Waals surface area contributed by atoms with Gasteiger partial charge in [0.25, 0.3) is 0 Å². The normalized spacial score (nSPS) is 14.3. The van der Waals surface area contributed by atoms with Crippen LogP contribution in [0.3, 0.4) is 0 Å². The van der Waals surface area contributed by atoms with E-state index in [-0.39, 0.29) is 5.78 Å². The van der Waals surface area contributed by atoms with Crippen LogP contribution in [0, 0.1) is 11.6 Å². The number of rotatable bonds is 1. The molecule has 1 aliphatic carbocycles. The number of fused-ring (bicyclic) bond motifs is 1. The van der Waals surface area contributed by atoms with Gasteiger partial charge in [-0.3, -0.25) is 4.79 Å². The van der Waals surface area contributed by atoms with Crippen molar-refractivity contribution < 1.29 is 13.6 Å². The highest BCUT2D eigenvalue weighted by Gasteiger charge is 2.18. The monoisotopic (exact) mass is 258 g/mol. The van der Waals surface area contributed by atoms with Crippen LogP contribution in [0.15, 0.2) is 36.4 Å². The van der Waals surface area contributed by atoms with E-state index in [2.05, 4.69) is 0 Å². The van der Waals surface area contributed by atoms with E-state index >= 15 is 0 Å². The van der Waals surface area contributed by atoms with Crippen molar-refractivity contribution in [2.45, 2.75) is 19.3 Å². The van der Waals surface area contributed by atoms with Gasteiger partial charge in [0, 0.05) is 23.6 Å². The van der Waals surface area contributed by atoms with Gasteiger partial charge in [0.05, 0.1) is 0 Å². The Hall–Kier alpha value is -2.03. The number of hydrogen-bond donors (Lipinski definition) is 0. The Morgan fingerprint density at radius 2 is 1.68 bits per heavy atom. The maximum absolute atomic E-state index is 13.7. The fourth-order valence-corrected chi connectivity index (χ4v) is 2.54. The number of aryl methyl sites for hydroxylation is 1. The van der Waals surface area contributed by atoms with E-state index in [4.69, 9.17) is 0 Å². The molecule has 0 N–H and O–H groups in total. The lowest BCUT2D eigenvalue weighted by Gasteiger charge is -2.16. The molecule has 0 fully saturated rings. The van der Waals surface area contributed by atoms with Gasteiger partial charge in [0.2, 0.25) is 0 Å². The Labute approximate surface area is 109 Å². The van der Waals surface area contributed by atoms with Gasteiger partial charge in [-0.2, -0.15) is 0 Å². The van der Waals surface area contributed by atoms with Crippen LogP contribution in [0.4, 0.5) is 8.78 Å². The average molecular weight is 258 g/mol. The lowest BCUT2D eigenvalue weighted by atomic mass is 9.88. The van der Waals surface area contributed by atoms with E-state index in [1.54, 1.807) is 12.1 Å². The summed E-state index contributed by atoms with van der Waals surface area (Å²) in [5, 5.41) is 0. The highest BCUT2D eigenvalue weighted by Crippen LogP contribution is 2.29. The Balaban J connectivity index is 2.09. The third-order valence-corrected chi connectivity index (χ3v) is 3.50. The second-order valence-corrected chi connectivity index (χ2v) is 4.77. The van der Waals surface area contributed by atoms with Crippen molar-refractivity contribution in [2.75, 3.05) is 0 Å². The van der Waals surface area contributed by atoms with Gasteiger partial charge in [-0.25, -0.2) is 8.78 Å². The molecule has 0 saturated carbocycles. The maximum atomic E-state index is 13.7. The summed E-state index contributed by atoms with van der Waals surface area (Å²) in [6.45, 7) is 0. The molecule has 3 rings (SSSR count). The first-order chi connectivity index (χ1) is 9.15. The maximum Gasteiger partial charge on any atom is 0.163 e. The highest BCUT2D eigenvalue weighted by molar-refractivity contribution is 5.99. The number of ketones is 1. The molecular formula is C16H12F2O. The third kappa shape index (κ3) is 2.16. The Bertz CT molecular complexity index is 662. The van der Waals surface area contributed by atoms with Crippen LogP contribution >= 0.6 is 0 Å². The van der Waals surface area contributed by atoms with Crippen molar-refractivity contribution >= 4 is 5.78 Å². The topological polar surface area (TPSA) is 17.1 Å². The van der Waals surface area contributed by atoms with Gasteiger partial charge >= 0.3 is 0 Å². The molecule has 1 aliphatic rings. The molecule has 96 valence electrons. The van der Waals surface area contributed by atoms with Gasteiger partial charge < -0.3 is 0 Å². The predicted molar refractivity (Wildman–Crippen MR) is 69.1 cm³/mol. The van der Waals surface area contributed by atoms with Crippen molar-refractivity contribution in [1.82, 2.24) is 0 Å². The number of Topliss-reactive ketones (excluding diaryl/α,β-unsaturated/α-hetero) is 1. The first-order valence-electron chi connectivity index (χ1n) is 6.27. The van der Waals surface area contributed by atoms with E-state index in [1.165, 1.54) is 12.1 Å². The zero-order valence-electron chi connectivity index (χ0n) is 10.2. The number of hydrogen-bond acceptors (Lipinski definition) is 1. The van der Waals surface area contributed by atoms with Crippen molar-refractivity contribution in [3.05, 3.63) is 59.2 Å². The quantitative estimate of drug-likeness (QED) is 0.751. The molecule has 0 amide bonds. The molecule has 2 aromatic carbocycles. The Kier molecular flexibility index (Phi) is 2.90. The van der Waals surface area contributed by atoms with Crippen LogP contribution in [-0.4, -0.2) is 5.78 Å². The molecule has 0 radical (unpaired) electrons. The van der Waals surface area contributed by atoms with E-state index in [0.717, 1.165) is 30.0 Å². The van der Waals surface area contributed by atoms with Crippen LogP contribution < -0.4 is 0 Å². The molecule has 0 atom stereocenters. The van der Waals surface area contributed by atoms with Crippen LogP contribution in [-0.2, 0) is 6.42 Å². The minimum Gasteiger partial charge on any atom is -0.294 e. The summed E-state index contributed by atoms with van der Waals surface area (Å²) in [6, 6.07) is 8.84. The number of benzene rings is 2. The second kappa shape index (κ2) is 4.57.